The van der Waals surface area contributed by atoms with E-state index in [0.717, 1.165) is 17.7 Å². The lowest BCUT2D eigenvalue weighted by atomic mass is 9.96. The topological polar surface area (TPSA) is 78.5 Å². The van der Waals surface area contributed by atoms with Gasteiger partial charge in [0.25, 0.3) is 5.91 Å². The molecule has 1 aromatic carbocycles. The fraction of sp³-hybridized carbons (Fsp3) is 0.438. The van der Waals surface area contributed by atoms with Crippen molar-refractivity contribution in [1.82, 2.24) is 15.5 Å². The highest BCUT2D eigenvalue weighted by molar-refractivity contribution is 6.09. The molecule has 23 heavy (non-hydrogen) atoms. The second-order valence-corrected chi connectivity index (χ2v) is 6.17. The summed E-state index contributed by atoms with van der Waals surface area (Å²) in [6, 6.07) is 5.55. The molecule has 0 radical (unpaired) electrons. The number of imide groups is 1. The Balaban J connectivity index is 1.59. The highest BCUT2D eigenvalue weighted by Crippen LogP contribution is 2.42. The average Bonchev–Trinajstić information content (AvgIpc) is 3.33. The number of amides is 4. The minimum atomic E-state index is -0.900. The van der Waals surface area contributed by atoms with Gasteiger partial charge in [0.05, 0.1) is 0 Å². The standard InChI is InChI=1S/C16H18FN3O3/c1-16(11-6-7-11)14(22)20(15(23)19-16)9-13(21)18-8-10-4-2-3-5-12(10)17/h2-5,11H,6-9H2,1H3,(H,18,21)(H,19,23)/t16-/m0/s1. The van der Waals surface area contributed by atoms with Crippen LogP contribution in [0.4, 0.5) is 9.18 Å². The number of nitrogens with zero attached hydrogens (tertiary/aromatic N) is 1. The van der Waals surface area contributed by atoms with Crippen LogP contribution in [0.2, 0.25) is 0 Å². The molecule has 1 saturated carbocycles. The molecule has 2 aliphatic rings. The van der Waals surface area contributed by atoms with Gasteiger partial charge in [-0.25, -0.2) is 9.18 Å². The lowest BCUT2D eigenvalue weighted by molar-refractivity contribution is -0.135. The summed E-state index contributed by atoms with van der Waals surface area (Å²) in [4.78, 5) is 37.2. The second-order valence-electron chi connectivity index (χ2n) is 6.17. The van der Waals surface area contributed by atoms with Gasteiger partial charge in [-0.2, -0.15) is 0 Å². The van der Waals surface area contributed by atoms with Gasteiger partial charge in [0.15, 0.2) is 0 Å². The van der Waals surface area contributed by atoms with Crippen LogP contribution >= 0.6 is 0 Å². The maximum atomic E-state index is 13.5. The van der Waals surface area contributed by atoms with E-state index >= 15 is 0 Å². The van der Waals surface area contributed by atoms with E-state index in [1.54, 1.807) is 25.1 Å². The van der Waals surface area contributed by atoms with Crippen LogP contribution in [0.3, 0.4) is 0 Å². The van der Waals surface area contributed by atoms with Gasteiger partial charge < -0.3 is 10.6 Å². The number of carbonyl (C=O) groups excluding carboxylic acids is 3. The SMILES string of the molecule is C[C@@]1(C2CC2)NC(=O)N(CC(=O)NCc2ccccc2F)C1=O. The van der Waals surface area contributed by atoms with E-state index < -0.39 is 23.3 Å². The van der Waals surface area contributed by atoms with Gasteiger partial charge >= 0.3 is 6.03 Å². The third-order valence-electron chi connectivity index (χ3n) is 4.43. The number of nitrogens with one attached hydrogen (secondary N) is 2. The minimum Gasteiger partial charge on any atom is -0.350 e. The monoisotopic (exact) mass is 319 g/mol. The molecule has 0 aromatic heterocycles. The molecule has 0 spiro atoms. The molecule has 0 unspecified atom stereocenters. The van der Waals surface area contributed by atoms with Crippen molar-refractivity contribution in [2.24, 2.45) is 5.92 Å². The smallest absolute Gasteiger partial charge is 0.325 e. The van der Waals surface area contributed by atoms with Crippen molar-refractivity contribution in [3.63, 3.8) is 0 Å². The van der Waals surface area contributed by atoms with Gasteiger partial charge in [-0.1, -0.05) is 18.2 Å². The Hall–Kier alpha value is -2.44. The highest BCUT2D eigenvalue weighted by Gasteiger charge is 2.56. The minimum absolute atomic E-state index is 0.00898. The number of carbonyl (C=O) groups is 3. The zero-order valence-electron chi connectivity index (χ0n) is 12.8. The molecule has 122 valence electrons. The average molecular weight is 319 g/mol. The van der Waals surface area contributed by atoms with Crippen LogP contribution in [0.5, 0.6) is 0 Å². The first-order valence-corrected chi connectivity index (χ1v) is 7.56. The molecular weight excluding hydrogens is 301 g/mol. The van der Waals surface area contributed by atoms with Crippen LogP contribution in [0.25, 0.3) is 0 Å². The molecule has 1 saturated heterocycles. The molecule has 1 aliphatic carbocycles. The molecule has 2 N–H and O–H groups in total. The zero-order chi connectivity index (χ0) is 16.6. The summed E-state index contributed by atoms with van der Waals surface area (Å²) in [5, 5.41) is 5.20. The molecule has 2 fully saturated rings. The van der Waals surface area contributed by atoms with E-state index in [2.05, 4.69) is 10.6 Å². The van der Waals surface area contributed by atoms with Crippen LogP contribution in [0.15, 0.2) is 24.3 Å². The van der Waals surface area contributed by atoms with Crippen LogP contribution in [0.1, 0.15) is 25.3 Å². The Morgan fingerprint density at radius 1 is 1.39 bits per heavy atom. The molecule has 3 rings (SSSR count). The quantitative estimate of drug-likeness (QED) is 0.800. The zero-order valence-corrected chi connectivity index (χ0v) is 12.8. The summed E-state index contributed by atoms with van der Waals surface area (Å²) in [7, 11) is 0. The first kappa shape index (κ1) is 15.5. The number of hydrogen-bond acceptors (Lipinski definition) is 3. The van der Waals surface area contributed by atoms with Gasteiger partial charge in [0, 0.05) is 12.1 Å². The highest BCUT2D eigenvalue weighted by atomic mass is 19.1. The Kier molecular flexibility index (Phi) is 3.79. The molecule has 0 bridgehead atoms. The fourth-order valence-electron chi connectivity index (χ4n) is 2.83. The van der Waals surface area contributed by atoms with Crippen molar-refractivity contribution >= 4 is 17.8 Å². The largest absolute Gasteiger partial charge is 0.350 e. The normalized spacial score (nSPS) is 23.8. The Morgan fingerprint density at radius 3 is 2.74 bits per heavy atom. The van der Waals surface area contributed by atoms with Crippen molar-refractivity contribution < 1.29 is 18.8 Å². The van der Waals surface area contributed by atoms with Crippen molar-refractivity contribution in [3.05, 3.63) is 35.6 Å². The molecule has 1 aromatic rings. The van der Waals surface area contributed by atoms with Gasteiger partial charge in [0.1, 0.15) is 17.9 Å². The van der Waals surface area contributed by atoms with E-state index in [1.807, 2.05) is 0 Å². The first-order valence-electron chi connectivity index (χ1n) is 7.56. The molecule has 1 aliphatic heterocycles. The molecular formula is C16H18FN3O3. The van der Waals surface area contributed by atoms with Gasteiger partial charge in [-0.05, 0) is 31.7 Å². The number of urea groups is 1. The summed E-state index contributed by atoms with van der Waals surface area (Å²) < 4.78 is 13.5. The summed E-state index contributed by atoms with van der Waals surface area (Å²) in [6.45, 7) is 1.35. The second kappa shape index (κ2) is 5.64. The molecule has 1 heterocycles. The molecule has 7 heteroatoms. The van der Waals surface area contributed by atoms with Crippen LogP contribution in [-0.2, 0) is 16.1 Å². The molecule has 4 amide bonds. The summed E-state index contributed by atoms with van der Waals surface area (Å²) in [5.74, 6) is -1.14. The van der Waals surface area contributed by atoms with Crippen LogP contribution in [0, 0.1) is 11.7 Å². The lowest BCUT2D eigenvalue weighted by Gasteiger charge is -2.20. The van der Waals surface area contributed by atoms with Gasteiger partial charge in [-0.15, -0.1) is 0 Å². The van der Waals surface area contributed by atoms with Crippen LogP contribution < -0.4 is 10.6 Å². The van der Waals surface area contributed by atoms with Crippen LogP contribution in [-0.4, -0.2) is 34.8 Å². The molecule has 1 atom stereocenters. The number of halogens is 1. The Morgan fingerprint density at radius 2 is 2.09 bits per heavy atom. The molecule has 6 nitrogen and oxygen atoms in total. The van der Waals surface area contributed by atoms with Crippen molar-refractivity contribution in [2.75, 3.05) is 6.54 Å². The first-order chi connectivity index (χ1) is 10.9. The van der Waals surface area contributed by atoms with E-state index in [9.17, 15) is 18.8 Å². The third kappa shape index (κ3) is 2.91. The predicted molar refractivity (Wildman–Crippen MR) is 79.6 cm³/mol. The number of benzene rings is 1. The maximum Gasteiger partial charge on any atom is 0.325 e. The summed E-state index contributed by atoms with van der Waals surface area (Å²) >= 11 is 0. The lowest BCUT2D eigenvalue weighted by Crippen LogP contribution is -2.47. The van der Waals surface area contributed by atoms with Crippen molar-refractivity contribution in [1.29, 1.82) is 0 Å². The fourth-order valence-corrected chi connectivity index (χ4v) is 2.83. The summed E-state index contributed by atoms with van der Waals surface area (Å²) in [5.41, 5.74) is -0.552. The van der Waals surface area contributed by atoms with E-state index in [1.165, 1.54) is 6.07 Å². The van der Waals surface area contributed by atoms with E-state index in [4.69, 9.17) is 0 Å². The van der Waals surface area contributed by atoms with E-state index in [-0.39, 0.29) is 24.9 Å². The number of hydrogen-bond donors (Lipinski definition) is 2. The Bertz CT molecular complexity index is 674. The van der Waals surface area contributed by atoms with Crippen molar-refractivity contribution in [3.8, 4) is 0 Å². The summed E-state index contributed by atoms with van der Waals surface area (Å²) in [6.07, 6.45) is 1.80. The maximum absolute atomic E-state index is 13.5. The van der Waals surface area contributed by atoms with Gasteiger partial charge in [-0.3, -0.25) is 14.5 Å². The number of rotatable bonds is 5. The van der Waals surface area contributed by atoms with Crippen molar-refractivity contribution in [2.45, 2.75) is 31.8 Å². The Labute approximate surface area is 133 Å². The van der Waals surface area contributed by atoms with E-state index in [0.29, 0.717) is 5.56 Å². The van der Waals surface area contributed by atoms with Gasteiger partial charge in [0.2, 0.25) is 5.91 Å². The predicted octanol–water partition coefficient (Wildman–Crippen LogP) is 1.16. The third-order valence-corrected chi connectivity index (χ3v) is 4.43.